The SMILES string of the molecule is c1ccc(-c2nc3ccccc3nc2-c2cccc3c(-c4c5ccccc5c(-c5ccccc5)c5oc6ccccc6c45)cccc23)cc1. The Morgan fingerprint density at radius 3 is 1.57 bits per heavy atom. The van der Waals surface area contributed by atoms with E-state index in [4.69, 9.17) is 14.4 Å². The zero-order valence-corrected chi connectivity index (χ0v) is 26.5. The zero-order valence-electron chi connectivity index (χ0n) is 26.5. The van der Waals surface area contributed by atoms with Crippen molar-refractivity contribution in [3.8, 4) is 44.8 Å². The largest absolute Gasteiger partial charge is 0.455 e. The first-order valence-electron chi connectivity index (χ1n) is 16.6. The van der Waals surface area contributed by atoms with Crippen molar-refractivity contribution in [1.29, 1.82) is 0 Å². The summed E-state index contributed by atoms with van der Waals surface area (Å²) in [5.74, 6) is 0. The first-order valence-corrected chi connectivity index (χ1v) is 16.6. The van der Waals surface area contributed by atoms with Crippen LogP contribution in [0.1, 0.15) is 0 Å². The van der Waals surface area contributed by atoms with Crippen molar-refractivity contribution >= 4 is 54.5 Å². The van der Waals surface area contributed by atoms with Gasteiger partial charge < -0.3 is 4.42 Å². The molecule has 0 N–H and O–H groups in total. The van der Waals surface area contributed by atoms with Gasteiger partial charge in [-0.05, 0) is 50.9 Å². The molecular formula is C46H28N2O. The number of aromatic nitrogens is 2. The van der Waals surface area contributed by atoms with Crippen LogP contribution in [-0.2, 0) is 0 Å². The predicted molar refractivity (Wildman–Crippen MR) is 204 cm³/mol. The van der Waals surface area contributed by atoms with Crippen LogP contribution in [0.5, 0.6) is 0 Å². The number of nitrogens with zero attached hydrogens (tertiary/aromatic N) is 2. The van der Waals surface area contributed by atoms with Gasteiger partial charge in [0.25, 0.3) is 0 Å². The smallest absolute Gasteiger partial charge is 0.144 e. The Hall–Kier alpha value is -6.58. The topological polar surface area (TPSA) is 38.9 Å². The minimum Gasteiger partial charge on any atom is -0.455 e. The van der Waals surface area contributed by atoms with E-state index in [0.29, 0.717) is 0 Å². The van der Waals surface area contributed by atoms with Crippen LogP contribution >= 0.6 is 0 Å². The van der Waals surface area contributed by atoms with E-state index >= 15 is 0 Å². The second-order valence-electron chi connectivity index (χ2n) is 12.4. The average molecular weight is 625 g/mol. The number of benzene rings is 8. The molecule has 0 atom stereocenters. The molecule has 0 radical (unpaired) electrons. The summed E-state index contributed by atoms with van der Waals surface area (Å²) in [4.78, 5) is 10.5. The van der Waals surface area contributed by atoms with E-state index in [9.17, 15) is 0 Å². The van der Waals surface area contributed by atoms with Crippen LogP contribution in [0, 0.1) is 0 Å². The molecule has 0 saturated heterocycles. The van der Waals surface area contributed by atoms with Gasteiger partial charge in [-0.1, -0.05) is 152 Å². The van der Waals surface area contributed by atoms with Crippen LogP contribution in [0.4, 0.5) is 0 Å². The zero-order chi connectivity index (χ0) is 32.3. The third-order valence-electron chi connectivity index (χ3n) is 9.67. The summed E-state index contributed by atoms with van der Waals surface area (Å²) in [7, 11) is 0. The first-order chi connectivity index (χ1) is 24.3. The van der Waals surface area contributed by atoms with Crippen molar-refractivity contribution in [1.82, 2.24) is 9.97 Å². The average Bonchev–Trinajstić information content (AvgIpc) is 3.55. The Morgan fingerprint density at radius 2 is 0.857 bits per heavy atom. The molecule has 0 aliphatic rings. The Kier molecular flexibility index (Phi) is 6.18. The first kappa shape index (κ1) is 27.5. The molecule has 49 heavy (non-hydrogen) atoms. The summed E-state index contributed by atoms with van der Waals surface area (Å²) in [6, 6.07) is 59.4. The van der Waals surface area contributed by atoms with Gasteiger partial charge in [0.2, 0.25) is 0 Å². The highest BCUT2D eigenvalue weighted by atomic mass is 16.3. The highest BCUT2D eigenvalue weighted by Gasteiger charge is 2.24. The van der Waals surface area contributed by atoms with Crippen LogP contribution in [0.3, 0.4) is 0 Å². The lowest BCUT2D eigenvalue weighted by atomic mass is 9.85. The van der Waals surface area contributed by atoms with Crippen molar-refractivity contribution < 1.29 is 4.42 Å². The lowest BCUT2D eigenvalue weighted by molar-refractivity contribution is 0.670. The number of furan rings is 1. The summed E-state index contributed by atoms with van der Waals surface area (Å²) in [6.45, 7) is 0. The van der Waals surface area contributed by atoms with Crippen molar-refractivity contribution in [2.75, 3.05) is 0 Å². The van der Waals surface area contributed by atoms with Gasteiger partial charge in [0.15, 0.2) is 0 Å². The maximum Gasteiger partial charge on any atom is 0.144 e. The molecule has 3 heteroatoms. The molecule has 0 spiro atoms. The van der Waals surface area contributed by atoms with Crippen molar-refractivity contribution in [3.05, 3.63) is 170 Å². The molecule has 3 nitrogen and oxygen atoms in total. The summed E-state index contributed by atoms with van der Waals surface area (Å²) < 4.78 is 6.80. The van der Waals surface area contributed by atoms with Crippen molar-refractivity contribution in [2.24, 2.45) is 0 Å². The van der Waals surface area contributed by atoms with Gasteiger partial charge in [0, 0.05) is 33.0 Å². The fraction of sp³-hybridized carbons (Fsp3) is 0. The third-order valence-corrected chi connectivity index (χ3v) is 9.67. The number of para-hydroxylation sites is 3. The molecule has 2 aromatic heterocycles. The second kappa shape index (κ2) is 11.0. The summed E-state index contributed by atoms with van der Waals surface area (Å²) in [6.07, 6.45) is 0. The van der Waals surface area contributed by atoms with Crippen LogP contribution < -0.4 is 0 Å². The van der Waals surface area contributed by atoms with E-state index in [0.717, 1.165) is 88.3 Å². The molecular weight excluding hydrogens is 597 g/mol. The molecule has 10 aromatic rings. The maximum atomic E-state index is 6.80. The molecule has 0 aliphatic heterocycles. The molecule has 10 rings (SSSR count). The Bertz CT molecular complexity index is 2870. The molecule has 228 valence electrons. The lowest BCUT2D eigenvalue weighted by Gasteiger charge is -2.17. The fourth-order valence-corrected chi connectivity index (χ4v) is 7.54. The lowest BCUT2D eigenvalue weighted by Crippen LogP contribution is -1.96. The minimum absolute atomic E-state index is 0.871. The van der Waals surface area contributed by atoms with Gasteiger partial charge in [0.05, 0.1) is 22.4 Å². The molecule has 0 aliphatic carbocycles. The minimum atomic E-state index is 0.871. The summed E-state index contributed by atoms with van der Waals surface area (Å²) in [5.41, 5.74) is 12.0. The van der Waals surface area contributed by atoms with Gasteiger partial charge in [0.1, 0.15) is 11.2 Å². The molecule has 0 saturated carbocycles. The molecule has 0 amide bonds. The fourth-order valence-electron chi connectivity index (χ4n) is 7.54. The van der Waals surface area contributed by atoms with Gasteiger partial charge >= 0.3 is 0 Å². The van der Waals surface area contributed by atoms with E-state index in [-0.39, 0.29) is 0 Å². The number of rotatable bonds is 4. The van der Waals surface area contributed by atoms with Gasteiger partial charge in [-0.15, -0.1) is 0 Å². The van der Waals surface area contributed by atoms with E-state index in [1.165, 1.54) is 10.9 Å². The molecule has 0 bridgehead atoms. The van der Waals surface area contributed by atoms with Gasteiger partial charge in [-0.2, -0.15) is 0 Å². The van der Waals surface area contributed by atoms with E-state index in [1.807, 2.05) is 36.4 Å². The van der Waals surface area contributed by atoms with Crippen molar-refractivity contribution in [2.45, 2.75) is 0 Å². The molecule has 8 aromatic carbocycles. The van der Waals surface area contributed by atoms with E-state index < -0.39 is 0 Å². The quantitative estimate of drug-likeness (QED) is 0.196. The number of fused-ring (bicyclic) bond motifs is 6. The van der Waals surface area contributed by atoms with Gasteiger partial charge in [-0.3, -0.25) is 0 Å². The second-order valence-corrected chi connectivity index (χ2v) is 12.4. The highest BCUT2D eigenvalue weighted by molar-refractivity contribution is 6.28. The number of hydrogen-bond donors (Lipinski definition) is 0. The monoisotopic (exact) mass is 624 g/mol. The van der Waals surface area contributed by atoms with Crippen LogP contribution in [-0.4, -0.2) is 9.97 Å². The molecule has 0 unspecified atom stereocenters. The summed E-state index contributed by atoms with van der Waals surface area (Å²) in [5, 5.41) is 6.86. The Morgan fingerprint density at radius 1 is 0.347 bits per heavy atom. The van der Waals surface area contributed by atoms with Crippen LogP contribution in [0.15, 0.2) is 174 Å². The number of hydrogen-bond acceptors (Lipinski definition) is 3. The standard InChI is InChI=1S/C46H28N2O/c1-3-15-29(16-4-1)41-34-19-7-8-20-35(34)42(43-37-21-9-12-28-40(37)49-46(41)43)33-24-13-23-32-31(33)22-14-25-36(32)45-44(30-17-5-2-6-18-30)47-38-26-10-11-27-39(38)48-45/h1-28H. The van der Waals surface area contributed by atoms with E-state index in [1.54, 1.807) is 0 Å². The predicted octanol–water partition coefficient (Wildman–Crippen LogP) is 12.5. The third kappa shape index (κ3) is 4.29. The molecule has 0 fully saturated rings. The van der Waals surface area contributed by atoms with Gasteiger partial charge in [-0.25, -0.2) is 9.97 Å². The van der Waals surface area contributed by atoms with Crippen LogP contribution in [0.25, 0.3) is 99.3 Å². The maximum absolute atomic E-state index is 6.80. The normalized spacial score (nSPS) is 11.7. The summed E-state index contributed by atoms with van der Waals surface area (Å²) >= 11 is 0. The Balaban J connectivity index is 1.32. The van der Waals surface area contributed by atoms with Crippen molar-refractivity contribution in [3.63, 3.8) is 0 Å². The molecule has 2 heterocycles. The highest BCUT2D eigenvalue weighted by Crippen LogP contribution is 2.49. The Labute approximate surface area is 282 Å². The van der Waals surface area contributed by atoms with E-state index in [2.05, 4.69) is 133 Å². The van der Waals surface area contributed by atoms with Crippen LogP contribution in [0.2, 0.25) is 0 Å².